The van der Waals surface area contributed by atoms with Gasteiger partial charge in [-0.2, -0.15) is 5.10 Å². The lowest BCUT2D eigenvalue weighted by atomic mass is 10.0. The van der Waals surface area contributed by atoms with Crippen LogP contribution in [-0.4, -0.2) is 34.6 Å². The Labute approximate surface area is 119 Å². The summed E-state index contributed by atoms with van der Waals surface area (Å²) in [6.07, 6.45) is 2.44. The van der Waals surface area contributed by atoms with Crippen LogP contribution in [0.15, 0.2) is 24.5 Å². The van der Waals surface area contributed by atoms with E-state index in [4.69, 9.17) is 9.84 Å². The van der Waals surface area contributed by atoms with Gasteiger partial charge in [-0.3, -0.25) is 9.48 Å². The average molecular weight is 296 g/mol. The third-order valence-corrected chi connectivity index (χ3v) is 2.95. The van der Waals surface area contributed by atoms with E-state index >= 15 is 0 Å². The van der Waals surface area contributed by atoms with Gasteiger partial charge in [0.05, 0.1) is 25.8 Å². The van der Waals surface area contributed by atoms with Crippen molar-refractivity contribution in [2.75, 3.05) is 13.7 Å². The van der Waals surface area contributed by atoms with Gasteiger partial charge in [-0.1, -0.05) is 0 Å². The molecule has 0 unspecified atom stereocenters. The van der Waals surface area contributed by atoms with E-state index in [9.17, 15) is 13.6 Å². The molecule has 0 aliphatic rings. The standard InChI is InChI=1S/C14H14F2N2O3/c1-21-3-2-18-8-10(7-17-18)11-6-12(15)9(4-13(11)16)5-14(19)20/h4,6-8H,2-3,5H2,1H3,(H,19,20). The molecular weight excluding hydrogens is 282 g/mol. The molecule has 0 bridgehead atoms. The zero-order valence-corrected chi connectivity index (χ0v) is 11.3. The lowest BCUT2D eigenvalue weighted by Gasteiger charge is -2.05. The van der Waals surface area contributed by atoms with Crippen molar-refractivity contribution in [3.05, 3.63) is 41.7 Å². The monoisotopic (exact) mass is 296 g/mol. The first-order valence-corrected chi connectivity index (χ1v) is 6.22. The fourth-order valence-electron chi connectivity index (χ4n) is 1.92. The van der Waals surface area contributed by atoms with E-state index in [-0.39, 0.29) is 11.1 Å². The largest absolute Gasteiger partial charge is 0.481 e. The molecule has 1 heterocycles. The van der Waals surface area contributed by atoms with Crippen LogP contribution >= 0.6 is 0 Å². The van der Waals surface area contributed by atoms with Crippen LogP contribution in [0.3, 0.4) is 0 Å². The molecule has 0 aliphatic heterocycles. The van der Waals surface area contributed by atoms with Crippen molar-refractivity contribution in [2.45, 2.75) is 13.0 Å². The Bertz CT molecular complexity index is 656. The van der Waals surface area contributed by atoms with Crippen LogP contribution in [0.4, 0.5) is 8.78 Å². The van der Waals surface area contributed by atoms with Gasteiger partial charge in [-0.25, -0.2) is 8.78 Å². The second-order valence-corrected chi connectivity index (χ2v) is 4.48. The van der Waals surface area contributed by atoms with Crippen molar-refractivity contribution in [1.82, 2.24) is 9.78 Å². The molecule has 21 heavy (non-hydrogen) atoms. The van der Waals surface area contributed by atoms with Crippen molar-refractivity contribution in [1.29, 1.82) is 0 Å². The van der Waals surface area contributed by atoms with Gasteiger partial charge in [-0.15, -0.1) is 0 Å². The third-order valence-electron chi connectivity index (χ3n) is 2.95. The van der Waals surface area contributed by atoms with E-state index in [1.54, 1.807) is 18.0 Å². The number of ether oxygens (including phenoxy) is 1. The molecule has 1 aromatic carbocycles. The molecule has 1 N–H and O–H groups in total. The van der Waals surface area contributed by atoms with Crippen LogP contribution in [0, 0.1) is 11.6 Å². The van der Waals surface area contributed by atoms with E-state index in [2.05, 4.69) is 5.10 Å². The summed E-state index contributed by atoms with van der Waals surface area (Å²) in [5, 5.41) is 12.7. The second kappa shape index (κ2) is 6.45. The maximum Gasteiger partial charge on any atom is 0.307 e. The highest BCUT2D eigenvalue weighted by Crippen LogP contribution is 2.25. The summed E-state index contributed by atoms with van der Waals surface area (Å²) in [5.41, 5.74) is 0.283. The minimum absolute atomic E-state index is 0.0466. The van der Waals surface area contributed by atoms with E-state index in [0.29, 0.717) is 18.7 Å². The normalized spacial score (nSPS) is 10.8. The minimum atomic E-state index is -1.21. The lowest BCUT2D eigenvalue weighted by molar-refractivity contribution is -0.136. The molecule has 112 valence electrons. The highest BCUT2D eigenvalue weighted by molar-refractivity contribution is 5.71. The van der Waals surface area contributed by atoms with Gasteiger partial charge in [0, 0.05) is 30.0 Å². The Balaban J connectivity index is 2.29. The van der Waals surface area contributed by atoms with E-state index in [1.807, 2.05) is 0 Å². The molecule has 0 amide bonds. The van der Waals surface area contributed by atoms with Gasteiger partial charge < -0.3 is 9.84 Å². The number of nitrogens with zero attached hydrogens (tertiary/aromatic N) is 2. The molecule has 0 radical (unpaired) electrons. The lowest BCUT2D eigenvalue weighted by Crippen LogP contribution is -2.04. The molecule has 0 fully saturated rings. The maximum atomic E-state index is 14.0. The Morgan fingerprint density at radius 3 is 2.81 bits per heavy atom. The predicted molar refractivity (Wildman–Crippen MR) is 70.8 cm³/mol. The number of methoxy groups -OCH3 is 1. The first kappa shape index (κ1) is 15.1. The Kier molecular flexibility index (Phi) is 4.64. The number of carbonyl (C=O) groups is 1. The van der Waals surface area contributed by atoms with E-state index in [0.717, 1.165) is 12.1 Å². The molecule has 2 rings (SSSR count). The second-order valence-electron chi connectivity index (χ2n) is 4.48. The molecule has 0 aliphatic carbocycles. The van der Waals surface area contributed by atoms with Crippen LogP contribution in [-0.2, 0) is 22.5 Å². The number of carboxylic acids is 1. The maximum absolute atomic E-state index is 14.0. The first-order chi connectivity index (χ1) is 10.0. The Hall–Kier alpha value is -2.28. The summed E-state index contributed by atoms with van der Waals surface area (Å²) in [7, 11) is 1.56. The van der Waals surface area contributed by atoms with Crippen molar-refractivity contribution < 1.29 is 23.4 Å². The average Bonchev–Trinajstić information content (AvgIpc) is 2.88. The number of halogens is 2. The Morgan fingerprint density at radius 1 is 1.38 bits per heavy atom. The molecular formula is C14H14F2N2O3. The van der Waals surface area contributed by atoms with Crippen LogP contribution in [0.25, 0.3) is 11.1 Å². The van der Waals surface area contributed by atoms with Crippen molar-refractivity contribution in [3.63, 3.8) is 0 Å². The van der Waals surface area contributed by atoms with Crippen LogP contribution in [0.2, 0.25) is 0 Å². The summed E-state index contributed by atoms with van der Waals surface area (Å²) < 4.78 is 34.3. The zero-order valence-electron chi connectivity index (χ0n) is 11.3. The van der Waals surface area contributed by atoms with Crippen LogP contribution < -0.4 is 0 Å². The molecule has 2 aromatic rings. The number of aliphatic carboxylic acids is 1. The summed E-state index contributed by atoms with van der Waals surface area (Å²) >= 11 is 0. The SMILES string of the molecule is COCCn1cc(-c2cc(F)c(CC(=O)O)cc2F)cn1. The summed E-state index contributed by atoms with van der Waals surface area (Å²) in [6, 6.07) is 1.90. The topological polar surface area (TPSA) is 64.3 Å². The number of rotatable bonds is 6. The van der Waals surface area contributed by atoms with E-state index in [1.165, 1.54) is 6.20 Å². The number of carboxylic acid groups (broad SMARTS) is 1. The minimum Gasteiger partial charge on any atom is -0.481 e. The highest BCUT2D eigenvalue weighted by atomic mass is 19.1. The van der Waals surface area contributed by atoms with Gasteiger partial charge in [0.25, 0.3) is 0 Å². The fraction of sp³-hybridized carbons (Fsp3) is 0.286. The number of hydrogen-bond donors (Lipinski definition) is 1. The summed E-state index contributed by atoms with van der Waals surface area (Å²) in [6.45, 7) is 0.952. The third kappa shape index (κ3) is 3.63. The molecule has 0 atom stereocenters. The van der Waals surface area contributed by atoms with Gasteiger partial charge >= 0.3 is 5.97 Å². The van der Waals surface area contributed by atoms with Gasteiger partial charge in [0.2, 0.25) is 0 Å². The number of benzene rings is 1. The molecule has 0 spiro atoms. The molecule has 0 saturated carbocycles. The Morgan fingerprint density at radius 2 is 2.14 bits per heavy atom. The number of aromatic nitrogens is 2. The van der Waals surface area contributed by atoms with Gasteiger partial charge in [-0.05, 0) is 12.1 Å². The smallest absolute Gasteiger partial charge is 0.307 e. The summed E-state index contributed by atoms with van der Waals surface area (Å²) in [5.74, 6) is -2.65. The predicted octanol–water partition coefficient (Wildman–Crippen LogP) is 2.10. The molecule has 7 heteroatoms. The van der Waals surface area contributed by atoms with Crippen LogP contribution in [0.5, 0.6) is 0 Å². The highest BCUT2D eigenvalue weighted by Gasteiger charge is 2.15. The van der Waals surface area contributed by atoms with Gasteiger partial charge in [0.15, 0.2) is 0 Å². The van der Waals surface area contributed by atoms with Crippen molar-refractivity contribution >= 4 is 5.97 Å². The molecule has 5 nitrogen and oxygen atoms in total. The van der Waals surface area contributed by atoms with Crippen molar-refractivity contribution in [2.24, 2.45) is 0 Å². The van der Waals surface area contributed by atoms with Crippen LogP contribution in [0.1, 0.15) is 5.56 Å². The fourth-order valence-corrected chi connectivity index (χ4v) is 1.92. The molecule has 1 aromatic heterocycles. The number of hydrogen-bond acceptors (Lipinski definition) is 3. The quantitative estimate of drug-likeness (QED) is 0.886. The first-order valence-electron chi connectivity index (χ1n) is 6.22. The van der Waals surface area contributed by atoms with Crippen molar-refractivity contribution in [3.8, 4) is 11.1 Å². The summed E-state index contributed by atoms with van der Waals surface area (Å²) in [4.78, 5) is 10.6. The van der Waals surface area contributed by atoms with E-state index < -0.39 is 24.0 Å². The molecule has 0 saturated heterocycles. The zero-order chi connectivity index (χ0) is 15.4. The van der Waals surface area contributed by atoms with Gasteiger partial charge in [0.1, 0.15) is 11.6 Å².